The van der Waals surface area contributed by atoms with Crippen molar-refractivity contribution in [1.82, 2.24) is 0 Å². The lowest BCUT2D eigenvalue weighted by atomic mass is 9.72. The zero-order valence-electron chi connectivity index (χ0n) is 45.7. The first kappa shape index (κ1) is 61.0. The molecule has 4 rings (SSSR count). The molecule has 1 radical (unpaired) electrons. The van der Waals surface area contributed by atoms with Crippen LogP contribution in [0.1, 0.15) is 132 Å². The lowest BCUT2D eigenvalue weighted by Gasteiger charge is -2.52. The van der Waals surface area contributed by atoms with Crippen LogP contribution in [-0.2, 0) is 82.2 Å². The fraction of sp³-hybridized carbons (Fsp3) is 0.704. The van der Waals surface area contributed by atoms with Crippen molar-refractivity contribution in [3.63, 3.8) is 0 Å². The van der Waals surface area contributed by atoms with Crippen LogP contribution < -0.4 is 0 Å². The summed E-state index contributed by atoms with van der Waals surface area (Å²) < 4.78 is 68.2. The Balaban J connectivity index is 1.63. The SMILES string of the molecule is [3H][B]SO[C@@H](CC(=O)O[C@@H](C[C@@H]1CCOC2(C[C@H](C)CC[C@H]2C(C)C)O1)C(C)(C)COC(=O)CCl)CC(=O)O[C@H](CC1C/C(=C\C(=O)OC)[C@H](OC(=O)CC)C(O)(C(C)(C)/C=C/C=O)O1)[C@H](C)OCc1ccccc1. The molecule has 0 amide bonds. The number of aldehydes is 1. The van der Waals surface area contributed by atoms with Crippen LogP contribution in [0.2, 0.25) is 0 Å². The van der Waals surface area contributed by atoms with E-state index in [0.717, 1.165) is 44.1 Å². The van der Waals surface area contributed by atoms with Gasteiger partial charge >= 0.3 is 29.8 Å². The van der Waals surface area contributed by atoms with Gasteiger partial charge in [-0.15, -0.1) is 11.6 Å². The second-order valence-corrected chi connectivity index (χ2v) is 21.9. The molecule has 1 spiro atoms. The summed E-state index contributed by atoms with van der Waals surface area (Å²) in [6, 6.07) is 9.28. The molecule has 1 N–H and O–H groups in total. The first-order valence-electron chi connectivity index (χ1n) is 26.1. The van der Waals surface area contributed by atoms with E-state index in [1.807, 2.05) is 44.2 Å². The molecule has 2 saturated heterocycles. The van der Waals surface area contributed by atoms with Crippen LogP contribution in [-0.4, -0.2) is 130 Å². The van der Waals surface area contributed by atoms with Gasteiger partial charge in [0.1, 0.15) is 24.4 Å². The first-order valence-corrected chi connectivity index (χ1v) is 26.9. The molecule has 74 heavy (non-hydrogen) atoms. The minimum absolute atomic E-state index is 0.0733. The Bertz CT molecular complexity index is 2090. The number of rotatable bonds is 28. The smallest absolute Gasteiger partial charge is 0.330 e. The predicted molar refractivity (Wildman–Crippen MR) is 277 cm³/mol. The first-order chi connectivity index (χ1) is 35.4. The Kier molecular flexibility index (Phi) is 24.0. The van der Waals surface area contributed by atoms with Crippen LogP contribution in [0.4, 0.5) is 0 Å². The summed E-state index contributed by atoms with van der Waals surface area (Å²) in [5, 5.41) is 12.6. The van der Waals surface area contributed by atoms with E-state index in [9.17, 15) is 33.9 Å². The number of methoxy groups -OCH3 is 1. The van der Waals surface area contributed by atoms with Gasteiger partial charge in [0.15, 0.2) is 11.9 Å². The molecule has 2 aliphatic heterocycles. The molecule has 2 heterocycles. The number of esters is 5. The third kappa shape index (κ3) is 17.9. The van der Waals surface area contributed by atoms with Gasteiger partial charge in [-0.1, -0.05) is 110 Å². The second kappa shape index (κ2) is 29.1. The Morgan fingerprint density at radius 1 is 0.973 bits per heavy atom. The van der Waals surface area contributed by atoms with E-state index in [1.165, 1.54) is 13.2 Å². The molecular formula is C54H79BClO17S. The molecule has 0 aromatic heterocycles. The summed E-state index contributed by atoms with van der Waals surface area (Å²) in [5.74, 6) is -6.43. The average molecular weight is 1080 g/mol. The number of benzene rings is 1. The minimum atomic E-state index is -2.40. The van der Waals surface area contributed by atoms with Crippen molar-refractivity contribution < 1.29 is 80.7 Å². The van der Waals surface area contributed by atoms with E-state index in [1.54, 1.807) is 27.7 Å². The largest absolute Gasteiger partial charge is 0.466 e. The molecule has 20 heteroatoms. The highest BCUT2D eigenvalue weighted by atomic mass is 35.5. The highest BCUT2D eigenvalue weighted by molar-refractivity contribution is 8.15. The van der Waals surface area contributed by atoms with Gasteiger partial charge in [-0.25, -0.2) is 4.79 Å². The van der Waals surface area contributed by atoms with Gasteiger partial charge in [-0.3, -0.25) is 24.0 Å². The molecule has 1 aromatic carbocycles. The zero-order chi connectivity index (χ0) is 55.6. The Labute approximate surface area is 448 Å². The molecule has 1 aromatic rings. The van der Waals surface area contributed by atoms with E-state index >= 15 is 0 Å². The Hall–Kier alpha value is -3.82. The van der Waals surface area contributed by atoms with E-state index in [-0.39, 0.29) is 62.4 Å². The maximum atomic E-state index is 14.2. The number of carbonyl (C=O) groups is 6. The summed E-state index contributed by atoms with van der Waals surface area (Å²) in [4.78, 5) is 77.9. The van der Waals surface area contributed by atoms with Crippen molar-refractivity contribution in [1.29, 1.82) is 1.34 Å². The third-order valence-corrected chi connectivity index (χ3v) is 14.8. The molecule has 17 nitrogen and oxygen atoms in total. The lowest BCUT2D eigenvalue weighted by Crippen LogP contribution is -2.62. The van der Waals surface area contributed by atoms with Crippen molar-refractivity contribution in [3.8, 4) is 0 Å². The van der Waals surface area contributed by atoms with E-state index in [2.05, 4.69) is 20.8 Å². The van der Waals surface area contributed by atoms with Crippen LogP contribution in [0.3, 0.4) is 0 Å². The Morgan fingerprint density at radius 2 is 1.68 bits per heavy atom. The third-order valence-electron chi connectivity index (χ3n) is 14.2. The normalized spacial score (nSPS) is 26.9. The van der Waals surface area contributed by atoms with E-state index in [4.69, 9.17) is 59.8 Å². The highest BCUT2D eigenvalue weighted by Crippen LogP contribution is 2.49. The number of alkyl halides is 1. The minimum Gasteiger partial charge on any atom is -0.466 e. The van der Waals surface area contributed by atoms with Gasteiger partial charge < -0.3 is 51.9 Å². The van der Waals surface area contributed by atoms with E-state index < -0.39 is 102 Å². The van der Waals surface area contributed by atoms with Gasteiger partial charge in [-0.2, -0.15) is 0 Å². The van der Waals surface area contributed by atoms with Crippen molar-refractivity contribution >= 4 is 66.7 Å². The number of hydrogen-bond donors (Lipinski definition) is 1. The van der Waals surface area contributed by atoms with Gasteiger partial charge in [0.2, 0.25) is 12.9 Å². The highest BCUT2D eigenvalue weighted by Gasteiger charge is 2.58. The summed E-state index contributed by atoms with van der Waals surface area (Å²) in [5.41, 5.74) is -1.42. The van der Waals surface area contributed by atoms with Crippen LogP contribution in [0.5, 0.6) is 0 Å². The molecule has 3 aliphatic rings. The summed E-state index contributed by atoms with van der Waals surface area (Å²) >= 11 is 6.38. The molecular weight excluding hydrogens is 999 g/mol. The number of aliphatic hydroxyl groups is 1. The summed E-state index contributed by atoms with van der Waals surface area (Å²) in [7, 11) is 2.07. The number of halogens is 1. The monoisotopic (exact) mass is 1080 g/mol. The fourth-order valence-corrected chi connectivity index (χ4v) is 10.2. The van der Waals surface area contributed by atoms with Crippen LogP contribution in [0.15, 0.2) is 54.1 Å². The summed E-state index contributed by atoms with van der Waals surface area (Å²) in [6.45, 7) is 17.0. The van der Waals surface area contributed by atoms with Crippen molar-refractivity contribution in [3.05, 3.63) is 59.7 Å². The molecule has 3 unspecified atom stereocenters. The fourth-order valence-electron chi connectivity index (χ4n) is 9.87. The standard InChI is InChI=1S/C54H79BClO17S/c1-11-45(58)70-50-38(25-46(59)64-10)24-40(72-54(50,63)52(8,9)21-15-22-57)26-43(36(5)65-32-37-16-13-12-14-17-37)68-47(60)28-41(73-74-55)29-48(61)69-44(51(6,7)33-66-49(62)31-56)27-39-20-23-67-53(71-39)30-35(4)18-19-42(53)34(2)3/h12-17,21-22,25,34-36,39-44,50,55,63H,11,18-20,23-24,26-33H2,1-10H3/b21-15+,38-25+/t35-,36+,39+,40?,41-,42+,43-,44+,50+,53?,54?/m1/s1/i55T. The summed E-state index contributed by atoms with van der Waals surface area (Å²) in [6.07, 6.45) is -0.557. The van der Waals surface area contributed by atoms with Gasteiger partial charge in [0.25, 0.3) is 0 Å². The zero-order valence-corrected chi connectivity index (χ0v) is 46.3. The lowest BCUT2D eigenvalue weighted by molar-refractivity contribution is -0.342. The van der Waals surface area contributed by atoms with Crippen molar-refractivity contribution in [2.45, 2.75) is 187 Å². The van der Waals surface area contributed by atoms with Gasteiger partial charge in [0, 0.05) is 48.5 Å². The molecule has 1 saturated carbocycles. The second-order valence-electron chi connectivity index (χ2n) is 21.2. The van der Waals surface area contributed by atoms with Gasteiger partial charge in [0.05, 0.1) is 64.2 Å². The predicted octanol–water partition coefficient (Wildman–Crippen LogP) is 7.91. The van der Waals surface area contributed by atoms with Crippen molar-refractivity contribution in [2.24, 2.45) is 28.6 Å². The molecule has 1 aliphatic carbocycles. The van der Waals surface area contributed by atoms with Crippen LogP contribution in [0.25, 0.3) is 0 Å². The Morgan fingerprint density at radius 3 is 2.31 bits per heavy atom. The molecule has 413 valence electrons. The maximum absolute atomic E-state index is 14.2. The van der Waals surface area contributed by atoms with E-state index in [0.29, 0.717) is 43.0 Å². The van der Waals surface area contributed by atoms with Crippen LogP contribution >= 0.6 is 23.5 Å². The number of hydrogen-bond acceptors (Lipinski definition) is 18. The van der Waals surface area contributed by atoms with Crippen molar-refractivity contribution in [2.75, 3.05) is 26.2 Å². The molecule has 11 atom stereocenters. The number of ether oxygens (including phenoxy) is 9. The van der Waals surface area contributed by atoms with Crippen LogP contribution in [0, 0.1) is 28.6 Å². The molecule has 0 bridgehead atoms. The molecule has 3 fully saturated rings. The van der Waals surface area contributed by atoms with Gasteiger partial charge in [-0.05, 0) is 56.6 Å². The average Bonchev–Trinajstić information content (AvgIpc) is 3.36. The number of allylic oxidation sites excluding steroid dienone is 1. The topological polar surface area (TPSA) is 215 Å². The quantitative estimate of drug-likeness (QED) is 0.0160. The maximum Gasteiger partial charge on any atom is 0.330 e. The number of carbonyl (C=O) groups excluding carboxylic acids is 6.